The van der Waals surface area contributed by atoms with Crippen molar-refractivity contribution in [3.63, 3.8) is 0 Å². The summed E-state index contributed by atoms with van der Waals surface area (Å²) in [6.07, 6.45) is 1.89. The van der Waals surface area contributed by atoms with Gasteiger partial charge in [-0.05, 0) is 58.3 Å². The summed E-state index contributed by atoms with van der Waals surface area (Å²) in [6.45, 7) is 0. The van der Waals surface area contributed by atoms with Gasteiger partial charge in [-0.15, -0.1) is 35.4 Å². The first-order chi connectivity index (χ1) is 15.0. The Morgan fingerprint density at radius 2 is 1.31 bits per heavy atom. The number of nitrogens with zero attached hydrogens (tertiary/aromatic N) is 3. The minimum absolute atomic E-state index is 0. The number of hydrogen-bond donors (Lipinski definition) is 0. The summed E-state index contributed by atoms with van der Waals surface area (Å²) in [5.41, 5.74) is 12.0. The van der Waals surface area contributed by atoms with Crippen molar-refractivity contribution in [2.24, 2.45) is 0 Å². The van der Waals surface area contributed by atoms with Gasteiger partial charge in [-0.25, -0.2) is 0 Å². The van der Waals surface area contributed by atoms with Gasteiger partial charge in [-0.3, -0.25) is 0 Å². The van der Waals surface area contributed by atoms with E-state index in [1.54, 1.807) is 0 Å². The quantitative estimate of drug-likeness (QED) is 0.252. The third-order valence-electron chi connectivity index (χ3n) is 6.85. The molecule has 32 heavy (non-hydrogen) atoms. The normalized spacial score (nSPS) is 13.6. The molecular weight excluding hydrogens is 571 g/mol. The summed E-state index contributed by atoms with van der Waals surface area (Å²) < 4.78 is 0. The Kier molecular flexibility index (Phi) is 4.77. The van der Waals surface area contributed by atoms with Crippen LogP contribution in [0.2, 0.25) is 0 Å². The Bertz CT molecular complexity index is 1250. The van der Waals surface area contributed by atoms with Crippen molar-refractivity contribution in [3.8, 4) is 22.4 Å². The second kappa shape index (κ2) is 7.30. The van der Waals surface area contributed by atoms with E-state index in [0.717, 1.165) is 11.3 Å². The van der Waals surface area contributed by atoms with Gasteiger partial charge >= 0.3 is 0 Å². The molecular formula is C28H24IrN3-. The van der Waals surface area contributed by atoms with Crippen LogP contribution in [0.3, 0.4) is 0 Å². The number of hydrogen-bond acceptors (Lipinski definition) is 3. The van der Waals surface area contributed by atoms with Gasteiger partial charge in [0, 0.05) is 71.3 Å². The van der Waals surface area contributed by atoms with Gasteiger partial charge in [0.15, 0.2) is 0 Å². The van der Waals surface area contributed by atoms with E-state index in [-0.39, 0.29) is 25.5 Å². The van der Waals surface area contributed by atoms with E-state index < -0.39 is 0 Å². The van der Waals surface area contributed by atoms with Crippen LogP contribution in [0, 0.1) is 6.07 Å². The molecule has 0 bridgehead atoms. The molecule has 6 rings (SSSR count). The van der Waals surface area contributed by atoms with E-state index in [1.165, 1.54) is 44.8 Å². The average molecular weight is 595 g/mol. The van der Waals surface area contributed by atoms with Crippen LogP contribution in [-0.2, 0) is 25.5 Å². The Balaban J connectivity index is 0.00000216. The van der Waals surface area contributed by atoms with Gasteiger partial charge in [0.2, 0.25) is 0 Å². The number of benzene rings is 3. The largest absolute Gasteiger partial charge is 0.378 e. The molecule has 1 heterocycles. The monoisotopic (exact) mass is 595 g/mol. The van der Waals surface area contributed by atoms with Crippen molar-refractivity contribution in [2.45, 2.75) is 5.41 Å². The summed E-state index contributed by atoms with van der Waals surface area (Å²) in [7, 11) is 8.41. The smallest absolute Gasteiger partial charge is 0.0364 e. The van der Waals surface area contributed by atoms with Gasteiger partial charge < -0.3 is 14.8 Å². The molecule has 1 aromatic heterocycles. The van der Waals surface area contributed by atoms with E-state index in [0.29, 0.717) is 0 Å². The SMILES string of the molecule is CN(C)c1ccc2c(c1)C1(c3ccc[c-]c3-c3ncccc31)c1cc(N(C)C)ccc1-2.[Ir]. The minimum atomic E-state index is -0.376. The maximum atomic E-state index is 4.83. The summed E-state index contributed by atoms with van der Waals surface area (Å²) in [5, 5.41) is 0. The number of pyridine rings is 1. The number of rotatable bonds is 2. The third kappa shape index (κ3) is 2.54. The standard InChI is InChI=1S/C28H24N3.Ir/c1-30(2)18-11-13-20-21-14-12-19(31(3)4)17-26(21)28(25(20)16-18)23-9-6-5-8-22(23)27-24(28)10-7-15-29-27;/h5-7,9-17H,1-4H3;/q-1;. The summed E-state index contributed by atoms with van der Waals surface area (Å²) in [4.78, 5) is 9.19. The molecule has 1 spiro atoms. The van der Waals surface area contributed by atoms with E-state index in [2.05, 4.69) is 105 Å². The summed E-state index contributed by atoms with van der Waals surface area (Å²) in [5.74, 6) is 0. The van der Waals surface area contributed by atoms with Gasteiger partial charge in [0.25, 0.3) is 0 Å². The van der Waals surface area contributed by atoms with Gasteiger partial charge in [0.1, 0.15) is 0 Å². The van der Waals surface area contributed by atoms with Gasteiger partial charge in [-0.2, -0.15) is 0 Å². The molecule has 0 N–H and O–H groups in total. The molecule has 1 radical (unpaired) electrons. The number of fused-ring (bicyclic) bond motifs is 10. The van der Waals surface area contributed by atoms with Crippen LogP contribution in [0.4, 0.5) is 11.4 Å². The second-order valence-corrected chi connectivity index (χ2v) is 8.86. The zero-order valence-electron chi connectivity index (χ0n) is 18.6. The van der Waals surface area contributed by atoms with Crippen LogP contribution >= 0.6 is 0 Å². The van der Waals surface area contributed by atoms with Crippen LogP contribution in [0.15, 0.2) is 72.9 Å². The van der Waals surface area contributed by atoms with E-state index >= 15 is 0 Å². The minimum Gasteiger partial charge on any atom is -0.378 e. The number of aromatic nitrogens is 1. The topological polar surface area (TPSA) is 19.4 Å². The maximum absolute atomic E-state index is 4.83. The van der Waals surface area contributed by atoms with Crippen molar-refractivity contribution >= 4 is 11.4 Å². The average Bonchev–Trinajstić information content (AvgIpc) is 3.25. The second-order valence-electron chi connectivity index (χ2n) is 8.86. The Morgan fingerprint density at radius 3 is 1.91 bits per heavy atom. The molecule has 3 nitrogen and oxygen atoms in total. The molecule has 0 atom stereocenters. The van der Waals surface area contributed by atoms with Crippen molar-refractivity contribution in [3.05, 3.63) is 101 Å². The fourth-order valence-electron chi connectivity index (χ4n) is 5.43. The van der Waals surface area contributed by atoms with Crippen molar-refractivity contribution in [2.75, 3.05) is 38.0 Å². The third-order valence-corrected chi connectivity index (χ3v) is 6.85. The summed E-state index contributed by atoms with van der Waals surface area (Å²) in [6, 6.07) is 27.9. The molecule has 0 unspecified atom stereocenters. The first kappa shape index (κ1) is 20.9. The Hall–Kier alpha value is -2.94. The van der Waals surface area contributed by atoms with Crippen molar-refractivity contribution in [1.29, 1.82) is 0 Å². The molecule has 0 aliphatic heterocycles. The van der Waals surface area contributed by atoms with E-state index in [9.17, 15) is 0 Å². The van der Waals surface area contributed by atoms with E-state index in [1.807, 2.05) is 12.3 Å². The van der Waals surface area contributed by atoms with Crippen LogP contribution < -0.4 is 9.80 Å². The molecule has 0 saturated heterocycles. The summed E-state index contributed by atoms with van der Waals surface area (Å²) >= 11 is 0. The first-order valence-electron chi connectivity index (χ1n) is 10.6. The van der Waals surface area contributed by atoms with Crippen molar-refractivity contribution in [1.82, 2.24) is 4.98 Å². The Labute approximate surface area is 203 Å². The van der Waals surface area contributed by atoms with Gasteiger partial charge in [0.05, 0.1) is 0 Å². The number of anilines is 2. The predicted octanol–water partition coefficient (Wildman–Crippen LogP) is 5.35. The molecule has 2 aliphatic carbocycles. The molecule has 0 amide bonds. The fraction of sp³-hybridized carbons (Fsp3) is 0.179. The molecule has 161 valence electrons. The van der Waals surface area contributed by atoms with Crippen LogP contribution in [0.5, 0.6) is 0 Å². The zero-order chi connectivity index (χ0) is 21.3. The molecule has 2 aliphatic rings. The molecule has 4 heteroatoms. The van der Waals surface area contributed by atoms with Crippen LogP contribution in [-0.4, -0.2) is 33.2 Å². The molecule has 4 aromatic rings. The van der Waals surface area contributed by atoms with Crippen LogP contribution in [0.1, 0.15) is 22.3 Å². The molecule has 3 aromatic carbocycles. The fourth-order valence-corrected chi connectivity index (χ4v) is 5.43. The Morgan fingerprint density at radius 1 is 0.719 bits per heavy atom. The molecule has 0 saturated carbocycles. The first-order valence-corrected chi connectivity index (χ1v) is 10.6. The predicted molar refractivity (Wildman–Crippen MR) is 128 cm³/mol. The maximum Gasteiger partial charge on any atom is 0.0364 e. The van der Waals surface area contributed by atoms with Crippen molar-refractivity contribution < 1.29 is 20.1 Å². The van der Waals surface area contributed by atoms with Gasteiger partial charge in [-0.1, -0.05) is 23.8 Å². The van der Waals surface area contributed by atoms with Crippen LogP contribution in [0.25, 0.3) is 22.4 Å². The zero-order valence-corrected chi connectivity index (χ0v) is 21.0. The molecule has 0 fully saturated rings. The van der Waals surface area contributed by atoms with E-state index in [4.69, 9.17) is 4.98 Å².